The number of hydrogen-bond acceptors (Lipinski definition) is 5. The lowest BCUT2D eigenvalue weighted by Crippen LogP contribution is -2.41. The second kappa shape index (κ2) is 7.83. The monoisotopic (exact) mass is 416 g/mol. The molecule has 1 aliphatic heterocycles. The molecule has 5 nitrogen and oxygen atoms in total. The van der Waals surface area contributed by atoms with Crippen LogP contribution in [-0.2, 0) is 37.0 Å². The molecule has 0 amide bonds. The highest BCUT2D eigenvalue weighted by Crippen LogP contribution is 2.72. The number of carbonyl (C=O) groups is 2. The molecule has 3 aliphatic rings. The molecule has 1 spiro atoms. The van der Waals surface area contributed by atoms with Crippen LogP contribution in [-0.4, -0.2) is 31.4 Å². The minimum absolute atomic E-state index is 0.00614. The van der Waals surface area contributed by atoms with Gasteiger partial charge in [-0.3, -0.25) is 9.59 Å². The Hall–Kier alpha value is -2.60. The van der Waals surface area contributed by atoms with Crippen molar-refractivity contribution in [2.45, 2.75) is 50.5 Å². The van der Waals surface area contributed by atoms with Crippen molar-refractivity contribution >= 4 is 19.8 Å². The summed E-state index contributed by atoms with van der Waals surface area (Å²) in [6.07, 6.45) is 2.69. The first-order valence-corrected chi connectivity index (χ1v) is 10.8. The van der Waals surface area contributed by atoms with Crippen molar-refractivity contribution in [2.75, 3.05) is 0 Å². The number of rotatable bonds is 7. The Labute approximate surface area is 183 Å². The van der Waals surface area contributed by atoms with Gasteiger partial charge in [0.05, 0.1) is 17.9 Å². The van der Waals surface area contributed by atoms with Gasteiger partial charge in [-0.1, -0.05) is 60.7 Å². The first kappa shape index (κ1) is 20.3. The zero-order valence-electron chi connectivity index (χ0n) is 17.4. The molecule has 3 fully saturated rings. The Morgan fingerprint density at radius 2 is 1.52 bits per heavy atom. The fourth-order valence-corrected chi connectivity index (χ4v) is 5.60. The van der Waals surface area contributed by atoms with Crippen LogP contribution in [0.2, 0.25) is 0 Å². The molecule has 6 heteroatoms. The van der Waals surface area contributed by atoms with Crippen LogP contribution < -0.4 is 0 Å². The fraction of sp³-hybridized carbons (Fsp3) is 0.440. The normalized spacial score (nSPS) is 29.6. The number of hydrogen-bond donors (Lipinski definition) is 0. The van der Waals surface area contributed by atoms with Gasteiger partial charge in [-0.25, -0.2) is 0 Å². The number of benzene rings is 2. The van der Waals surface area contributed by atoms with Crippen LogP contribution in [0.4, 0.5) is 0 Å². The highest BCUT2D eigenvalue weighted by atomic mass is 16.6. The first-order chi connectivity index (χ1) is 15.0. The van der Waals surface area contributed by atoms with Crippen molar-refractivity contribution in [3.63, 3.8) is 0 Å². The lowest BCUT2D eigenvalue weighted by molar-refractivity contribution is -0.162. The van der Waals surface area contributed by atoms with E-state index in [2.05, 4.69) is 0 Å². The molecule has 0 N–H and O–H groups in total. The average Bonchev–Trinajstić information content (AvgIpc) is 3.39. The molecule has 0 aromatic heterocycles. The number of carbonyl (C=O) groups excluding carboxylic acids is 2. The van der Waals surface area contributed by atoms with E-state index in [0.717, 1.165) is 24.0 Å². The van der Waals surface area contributed by atoms with Gasteiger partial charge in [-0.15, -0.1) is 0 Å². The quantitative estimate of drug-likeness (QED) is 0.511. The van der Waals surface area contributed by atoms with Gasteiger partial charge in [-0.05, 0) is 41.7 Å². The van der Waals surface area contributed by atoms with Crippen LogP contribution in [0, 0.1) is 17.3 Å². The van der Waals surface area contributed by atoms with E-state index in [1.807, 2.05) is 60.7 Å². The van der Waals surface area contributed by atoms with Gasteiger partial charge in [0.2, 0.25) is 0 Å². The molecule has 1 saturated heterocycles. The number of esters is 2. The minimum atomic E-state index is -0.942. The van der Waals surface area contributed by atoms with E-state index in [0.29, 0.717) is 6.42 Å². The van der Waals surface area contributed by atoms with Gasteiger partial charge < -0.3 is 14.2 Å². The van der Waals surface area contributed by atoms with Gasteiger partial charge in [0.1, 0.15) is 21.1 Å². The van der Waals surface area contributed by atoms with E-state index in [1.165, 1.54) is 0 Å². The van der Waals surface area contributed by atoms with Crippen molar-refractivity contribution in [2.24, 2.45) is 17.3 Å². The van der Waals surface area contributed by atoms with E-state index >= 15 is 0 Å². The van der Waals surface area contributed by atoms with Crippen LogP contribution in [0.1, 0.15) is 36.8 Å². The third kappa shape index (κ3) is 3.78. The molecule has 2 radical (unpaired) electrons. The third-order valence-electron chi connectivity index (χ3n) is 7.07. The molecular weight excluding hydrogens is 391 g/mol. The Balaban J connectivity index is 1.30. The van der Waals surface area contributed by atoms with Crippen molar-refractivity contribution in [3.8, 4) is 0 Å². The lowest BCUT2D eigenvalue weighted by Gasteiger charge is -2.34. The van der Waals surface area contributed by atoms with Crippen molar-refractivity contribution in [1.82, 2.24) is 0 Å². The van der Waals surface area contributed by atoms with Crippen LogP contribution in [0.3, 0.4) is 0 Å². The van der Waals surface area contributed by atoms with E-state index in [-0.39, 0.29) is 42.9 Å². The smallest absolute Gasteiger partial charge is 0.312 e. The Morgan fingerprint density at radius 1 is 0.935 bits per heavy atom. The molecule has 2 unspecified atom stereocenters. The second-order valence-corrected chi connectivity index (χ2v) is 9.11. The zero-order valence-corrected chi connectivity index (χ0v) is 17.4. The van der Waals surface area contributed by atoms with Crippen molar-refractivity contribution in [3.05, 3.63) is 71.8 Å². The summed E-state index contributed by atoms with van der Waals surface area (Å²) in [5.41, 5.74) is 0.888. The van der Waals surface area contributed by atoms with Gasteiger partial charge in [0, 0.05) is 6.00 Å². The summed E-state index contributed by atoms with van der Waals surface area (Å²) < 4.78 is 17.3. The zero-order chi connectivity index (χ0) is 21.5. The minimum Gasteiger partial charge on any atom is -0.461 e. The molecule has 2 aromatic carbocycles. The van der Waals surface area contributed by atoms with E-state index in [4.69, 9.17) is 22.1 Å². The molecule has 2 aliphatic carbocycles. The van der Waals surface area contributed by atoms with Crippen molar-refractivity contribution < 1.29 is 23.8 Å². The number of fused-ring (bicyclic) bond motifs is 3. The second-order valence-electron chi connectivity index (χ2n) is 9.11. The van der Waals surface area contributed by atoms with Crippen LogP contribution >= 0.6 is 0 Å². The first-order valence-electron chi connectivity index (χ1n) is 10.8. The summed E-state index contributed by atoms with van der Waals surface area (Å²) in [6.45, 7) is 0.388. The Kier molecular flexibility index (Phi) is 5.13. The third-order valence-corrected chi connectivity index (χ3v) is 7.07. The van der Waals surface area contributed by atoms with Crippen LogP contribution in [0.15, 0.2) is 60.7 Å². The molecule has 1 heterocycles. The van der Waals surface area contributed by atoms with Gasteiger partial charge in [0.15, 0.2) is 0 Å². The topological polar surface area (TPSA) is 61.8 Å². The largest absolute Gasteiger partial charge is 0.461 e. The van der Waals surface area contributed by atoms with Gasteiger partial charge in [0.25, 0.3) is 0 Å². The molecule has 4 atom stereocenters. The molecule has 31 heavy (non-hydrogen) atoms. The highest BCUT2D eigenvalue weighted by molar-refractivity contribution is 6.12. The fourth-order valence-electron chi connectivity index (χ4n) is 5.60. The predicted octanol–water partition coefficient (Wildman–Crippen LogP) is 3.54. The Morgan fingerprint density at radius 3 is 2.10 bits per heavy atom. The van der Waals surface area contributed by atoms with Crippen LogP contribution in [0.5, 0.6) is 0 Å². The van der Waals surface area contributed by atoms with E-state index < -0.39 is 17.5 Å². The average molecular weight is 416 g/mol. The highest BCUT2D eigenvalue weighted by Gasteiger charge is 2.74. The van der Waals surface area contributed by atoms with Crippen LogP contribution in [0.25, 0.3) is 0 Å². The van der Waals surface area contributed by atoms with Crippen molar-refractivity contribution in [1.29, 1.82) is 0 Å². The molecule has 5 rings (SSSR count). The molecular formula is C25H25BO5. The molecule has 2 aromatic rings. The SMILES string of the molecule is [B][C@@H]1O[C@@]2(CC(=O)OCc3ccccc3)CC3(CC3)C1C2C(=O)OCc1ccccc1. The maximum absolute atomic E-state index is 13.2. The summed E-state index contributed by atoms with van der Waals surface area (Å²) in [4.78, 5) is 25.9. The van der Waals surface area contributed by atoms with Gasteiger partial charge in [-0.2, -0.15) is 0 Å². The maximum atomic E-state index is 13.2. The predicted molar refractivity (Wildman–Crippen MR) is 114 cm³/mol. The summed E-state index contributed by atoms with van der Waals surface area (Å²) in [6, 6.07) is 18.5. The summed E-state index contributed by atoms with van der Waals surface area (Å²) >= 11 is 0. The van der Waals surface area contributed by atoms with E-state index in [1.54, 1.807) is 0 Å². The lowest BCUT2D eigenvalue weighted by atomic mass is 9.75. The molecule has 158 valence electrons. The van der Waals surface area contributed by atoms with E-state index in [9.17, 15) is 9.59 Å². The Bertz CT molecular complexity index is 958. The summed E-state index contributed by atoms with van der Waals surface area (Å²) in [5, 5.41) is 0. The van der Waals surface area contributed by atoms with Gasteiger partial charge >= 0.3 is 11.9 Å². The summed E-state index contributed by atoms with van der Waals surface area (Å²) in [5.74, 6) is -1.37. The summed E-state index contributed by atoms with van der Waals surface area (Å²) in [7, 11) is 6.31. The maximum Gasteiger partial charge on any atom is 0.312 e. The standard InChI is InChI=1S/C25H25BO5/c26-22-20-21(23(28)30-15-18-9-5-2-6-10-18)25(31-22,16-24(20)11-12-24)13-19(27)29-14-17-7-3-1-4-8-17/h1-10,20-22H,11-16H2/t20?,21?,22-,25+/m1/s1. The number of ether oxygens (including phenoxy) is 3. The molecule has 2 saturated carbocycles. The molecule has 2 bridgehead atoms.